The van der Waals surface area contributed by atoms with Crippen LogP contribution in [0.1, 0.15) is 34.9 Å². The summed E-state index contributed by atoms with van der Waals surface area (Å²) in [6.45, 7) is 2.42. The van der Waals surface area contributed by atoms with Gasteiger partial charge in [-0.15, -0.1) is 5.10 Å². The number of piperidine rings is 1. The van der Waals surface area contributed by atoms with Crippen LogP contribution in [0, 0.1) is 0 Å². The third-order valence-corrected chi connectivity index (χ3v) is 3.63. The zero-order valence-electron chi connectivity index (χ0n) is 11.7. The van der Waals surface area contributed by atoms with Gasteiger partial charge in [-0.05, 0) is 43.6 Å². The number of aromatic nitrogens is 4. The largest absolute Gasteiger partial charge is 0.347 e. The Morgan fingerprint density at radius 2 is 2.10 bits per heavy atom. The van der Waals surface area contributed by atoms with Crippen molar-refractivity contribution in [3.05, 3.63) is 42.0 Å². The van der Waals surface area contributed by atoms with Crippen molar-refractivity contribution in [1.82, 2.24) is 30.6 Å². The van der Waals surface area contributed by atoms with Gasteiger partial charge in [-0.2, -0.15) is 0 Å². The van der Waals surface area contributed by atoms with Crippen molar-refractivity contribution in [2.75, 3.05) is 13.1 Å². The first-order chi connectivity index (χ1) is 10.3. The van der Waals surface area contributed by atoms with Crippen molar-refractivity contribution < 1.29 is 4.79 Å². The molecule has 0 aliphatic carbocycles. The SMILES string of the molecule is O=C(NCc1ccncc1)c1cn(C2CCNCC2)nn1. The van der Waals surface area contributed by atoms with E-state index in [0.717, 1.165) is 31.5 Å². The molecule has 0 bridgehead atoms. The molecule has 3 heterocycles. The summed E-state index contributed by atoms with van der Waals surface area (Å²) in [6, 6.07) is 4.07. The van der Waals surface area contributed by atoms with Gasteiger partial charge in [-0.3, -0.25) is 9.78 Å². The van der Waals surface area contributed by atoms with Gasteiger partial charge in [-0.1, -0.05) is 5.21 Å². The maximum atomic E-state index is 12.1. The molecule has 1 amide bonds. The molecule has 0 spiro atoms. The van der Waals surface area contributed by atoms with E-state index < -0.39 is 0 Å². The second-order valence-corrected chi connectivity index (χ2v) is 5.10. The molecule has 0 atom stereocenters. The molecule has 21 heavy (non-hydrogen) atoms. The Labute approximate surface area is 122 Å². The number of pyridine rings is 1. The lowest BCUT2D eigenvalue weighted by Gasteiger charge is -2.22. The molecular formula is C14H18N6O. The smallest absolute Gasteiger partial charge is 0.273 e. The van der Waals surface area contributed by atoms with Crippen LogP contribution >= 0.6 is 0 Å². The molecule has 0 unspecified atom stereocenters. The molecule has 0 saturated carbocycles. The van der Waals surface area contributed by atoms with Crippen molar-refractivity contribution in [2.24, 2.45) is 0 Å². The first-order valence-corrected chi connectivity index (χ1v) is 7.12. The Balaban J connectivity index is 1.59. The van der Waals surface area contributed by atoms with E-state index in [-0.39, 0.29) is 5.91 Å². The van der Waals surface area contributed by atoms with Crippen LogP contribution in [0.4, 0.5) is 0 Å². The lowest BCUT2D eigenvalue weighted by molar-refractivity contribution is 0.0946. The van der Waals surface area contributed by atoms with E-state index in [1.165, 1.54) is 0 Å². The fraction of sp³-hybridized carbons (Fsp3) is 0.429. The average Bonchev–Trinajstić information content (AvgIpc) is 3.04. The third-order valence-electron chi connectivity index (χ3n) is 3.63. The van der Waals surface area contributed by atoms with Crippen molar-refractivity contribution >= 4 is 5.91 Å². The van der Waals surface area contributed by atoms with Gasteiger partial charge in [0, 0.05) is 18.9 Å². The Morgan fingerprint density at radius 1 is 1.33 bits per heavy atom. The molecule has 1 aliphatic rings. The van der Waals surface area contributed by atoms with Crippen LogP contribution < -0.4 is 10.6 Å². The molecule has 1 aliphatic heterocycles. The van der Waals surface area contributed by atoms with Gasteiger partial charge < -0.3 is 10.6 Å². The molecule has 3 rings (SSSR count). The van der Waals surface area contributed by atoms with Crippen LogP contribution in [-0.2, 0) is 6.54 Å². The van der Waals surface area contributed by atoms with E-state index in [4.69, 9.17) is 0 Å². The topological polar surface area (TPSA) is 84.7 Å². The molecular weight excluding hydrogens is 268 g/mol. The quantitative estimate of drug-likeness (QED) is 0.856. The van der Waals surface area contributed by atoms with Crippen molar-refractivity contribution in [3.8, 4) is 0 Å². The van der Waals surface area contributed by atoms with E-state index in [1.807, 2.05) is 16.8 Å². The minimum absolute atomic E-state index is 0.202. The van der Waals surface area contributed by atoms with Gasteiger partial charge in [0.25, 0.3) is 5.91 Å². The van der Waals surface area contributed by atoms with Crippen LogP contribution in [-0.4, -0.2) is 39.0 Å². The predicted octanol–water partition coefficient (Wildman–Crippen LogP) is 0.528. The number of nitrogens with zero attached hydrogens (tertiary/aromatic N) is 4. The Morgan fingerprint density at radius 3 is 2.86 bits per heavy atom. The van der Waals surface area contributed by atoms with Gasteiger partial charge in [0.1, 0.15) is 0 Å². The van der Waals surface area contributed by atoms with Gasteiger partial charge in [0.05, 0.1) is 12.2 Å². The zero-order valence-corrected chi connectivity index (χ0v) is 11.7. The minimum atomic E-state index is -0.202. The number of carbonyl (C=O) groups excluding carboxylic acids is 1. The van der Waals surface area contributed by atoms with Crippen molar-refractivity contribution in [2.45, 2.75) is 25.4 Å². The molecule has 2 aromatic rings. The van der Waals surface area contributed by atoms with Crippen LogP contribution in [0.15, 0.2) is 30.7 Å². The highest BCUT2D eigenvalue weighted by atomic mass is 16.2. The lowest BCUT2D eigenvalue weighted by Crippen LogP contribution is -2.29. The number of amides is 1. The van der Waals surface area contributed by atoms with Crippen LogP contribution in [0.3, 0.4) is 0 Å². The summed E-state index contributed by atoms with van der Waals surface area (Å²) in [5.74, 6) is -0.202. The minimum Gasteiger partial charge on any atom is -0.347 e. The van der Waals surface area contributed by atoms with Gasteiger partial charge in [0.2, 0.25) is 0 Å². The van der Waals surface area contributed by atoms with Crippen LogP contribution in [0.5, 0.6) is 0 Å². The summed E-state index contributed by atoms with van der Waals surface area (Å²) in [4.78, 5) is 16.0. The van der Waals surface area contributed by atoms with Crippen LogP contribution in [0.25, 0.3) is 0 Å². The molecule has 7 heteroatoms. The number of nitrogens with one attached hydrogen (secondary N) is 2. The molecule has 1 saturated heterocycles. The van der Waals surface area contributed by atoms with Gasteiger partial charge >= 0.3 is 0 Å². The zero-order chi connectivity index (χ0) is 14.5. The predicted molar refractivity (Wildman–Crippen MR) is 76.6 cm³/mol. The van der Waals surface area contributed by atoms with E-state index in [0.29, 0.717) is 18.3 Å². The number of hydrogen-bond donors (Lipinski definition) is 2. The highest BCUT2D eigenvalue weighted by Gasteiger charge is 2.18. The molecule has 7 nitrogen and oxygen atoms in total. The monoisotopic (exact) mass is 286 g/mol. The molecule has 1 fully saturated rings. The molecule has 2 aromatic heterocycles. The summed E-state index contributed by atoms with van der Waals surface area (Å²) in [5.41, 5.74) is 1.37. The normalized spacial score (nSPS) is 15.8. The number of carbonyl (C=O) groups is 1. The first kappa shape index (κ1) is 13.7. The van der Waals surface area contributed by atoms with E-state index >= 15 is 0 Å². The molecule has 110 valence electrons. The Kier molecular flexibility index (Phi) is 4.20. The van der Waals surface area contributed by atoms with Gasteiger partial charge in [0.15, 0.2) is 5.69 Å². The second kappa shape index (κ2) is 6.45. The molecule has 0 aromatic carbocycles. The fourth-order valence-corrected chi connectivity index (χ4v) is 2.40. The Bertz CT molecular complexity index is 591. The first-order valence-electron chi connectivity index (χ1n) is 7.12. The summed E-state index contributed by atoms with van der Waals surface area (Å²) >= 11 is 0. The molecule has 0 radical (unpaired) electrons. The number of rotatable bonds is 4. The van der Waals surface area contributed by atoms with E-state index in [2.05, 4.69) is 25.9 Å². The lowest BCUT2D eigenvalue weighted by atomic mass is 10.1. The van der Waals surface area contributed by atoms with E-state index in [1.54, 1.807) is 18.6 Å². The summed E-state index contributed by atoms with van der Waals surface area (Å²) < 4.78 is 1.81. The second-order valence-electron chi connectivity index (χ2n) is 5.10. The van der Waals surface area contributed by atoms with Gasteiger partial charge in [-0.25, -0.2) is 4.68 Å². The van der Waals surface area contributed by atoms with Crippen molar-refractivity contribution in [1.29, 1.82) is 0 Å². The highest BCUT2D eigenvalue weighted by Crippen LogP contribution is 2.16. The maximum absolute atomic E-state index is 12.1. The third kappa shape index (κ3) is 3.43. The summed E-state index contributed by atoms with van der Waals surface area (Å²) in [6.07, 6.45) is 7.17. The van der Waals surface area contributed by atoms with Crippen LogP contribution in [0.2, 0.25) is 0 Å². The summed E-state index contributed by atoms with van der Waals surface area (Å²) in [7, 11) is 0. The van der Waals surface area contributed by atoms with Crippen molar-refractivity contribution in [3.63, 3.8) is 0 Å². The molecule has 2 N–H and O–H groups in total. The highest BCUT2D eigenvalue weighted by molar-refractivity contribution is 5.91. The maximum Gasteiger partial charge on any atom is 0.273 e. The average molecular weight is 286 g/mol. The standard InChI is InChI=1S/C14H18N6O/c21-14(17-9-11-1-5-15-6-2-11)13-10-20(19-18-13)12-3-7-16-8-4-12/h1-2,5-6,10,12,16H,3-4,7-9H2,(H,17,21). The van der Waals surface area contributed by atoms with E-state index in [9.17, 15) is 4.79 Å². The Hall–Kier alpha value is -2.28. The summed E-state index contributed by atoms with van der Waals surface area (Å²) in [5, 5.41) is 14.2. The number of hydrogen-bond acceptors (Lipinski definition) is 5. The fourth-order valence-electron chi connectivity index (χ4n) is 2.40.